The van der Waals surface area contributed by atoms with Crippen LogP contribution in [0.1, 0.15) is 27.7 Å². The third-order valence-corrected chi connectivity index (χ3v) is 5.92. The number of carbonyl (C=O) groups excluding carboxylic acids is 2. The van der Waals surface area contributed by atoms with Crippen LogP contribution in [0, 0.1) is 35.5 Å². The van der Waals surface area contributed by atoms with Crippen LogP contribution < -0.4 is 0 Å². The van der Waals surface area contributed by atoms with Crippen LogP contribution in [0.15, 0.2) is 24.3 Å². The molecule has 0 unspecified atom stereocenters. The first-order chi connectivity index (χ1) is 10.2. The number of alkyl halides is 2. The molecule has 4 aliphatic rings. The Balaban J connectivity index is 2.20. The average molecular weight is 308 g/mol. The quantitative estimate of drug-likeness (QED) is 0.732. The molecule has 0 aromatic heterocycles. The van der Waals surface area contributed by atoms with E-state index in [9.17, 15) is 9.59 Å². The molecule has 0 amide bonds. The number of fused-ring (bicyclic) bond motifs is 1. The lowest BCUT2D eigenvalue weighted by Gasteiger charge is -2.57. The van der Waals surface area contributed by atoms with Crippen LogP contribution in [0.3, 0.4) is 0 Å². The standard InChI is InChI=1S/C18H22F2O2/c1-9(2)17(19)13-7-5-12(16(17)22)11-6-8-14(21)18(20,10(3)4)15(11)13/h5-13,15H,1-4H3/t11-,12+,13-,15-,17+,18-/m0/s1. The first-order valence-electron chi connectivity index (χ1n) is 7.99. The lowest BCUT2D eigenvalue weighted by molar-refractivity contribution is -0.169. The maximum atomic E-state index is 15.7. The van der Waals surface area contributed by atoms with E-state index in [0.717, 1.165) is 0 Å². The lowest BCUT2D eigenvalue weighted by atomic mass is 9.47. The molecule has 120 valence electrons. The second-order valence-electron chi connectivity index (χ2n) is 7.47. The maximum absolute atomic E-state index is 15.7. The van der Waals surface area contributed by atoms with E-state index in [2.05, 4.69) is 0 Å². The first kappa shape index (κ1) is 15.6. The molecular weight excluding hydrogens is 286 g/mol. The SMILES string of the molecule is CC(C)[C@]1(F)C(=O)C=C[C@@H]2[C@H]1[C@@H]1C=C[C@H]2C(=O)[C@@]1(F)C(C)C. The van der Waals surface area contributed by atoms with Gasteiger partial charge in [-0.3, -0.25) is 9.59 Å². The Kier molecular flexibility index (Phi) is 3.25. The topological polar surface area (TPSA) is 34.1 Å². The maximum Gasteiger partial charge on any atom is 0.193 e. The van der Waals surface area contributed by atoms with Gasteiger partial charge in [-0.2, -0.15) is 0 Å². The number of hydrogen-bond donors (Lipinski definition) is 0. The fourth-order valence-corrected chi connectivity index (χ4v) is 4.64. The molecule has 4 rings (SSSR count). The third-order valence-electron chi connectivity index (χ3n) is 5.92. The van der Waals surface area contributed by atoms with Crippen molar-refractivity contribution in [3.8, 4) is 0 Å². The number of ketones is 2. The van der Waals surface area contributed by atoms with Crippen LogP contribution in [0.5, 0.6) is 0 Å². The van der Waals surface area contributed by atoms with E-state index in [0.29, 0.717) is 0 Å². The van der Waals surface area contributed by atoms with Crippen molar-refractivity contribution in [2.24, 2.45) is 35.5 Å². The van der Waals surface area contributed by atoms with Gasteiger partial charge in [-0.15, -0.1) is 0 Å². The second-order valence-corrected chi connectivity index (χ2v) is 7.47. The van der Waals surface area contributed by atoms with Gasteiger partial charge >= 0.3 is 0 Å². The van der Waals surface area contributed by atoms with Crippen LogP contribution in [0.4, 0.5) is 8.78 Å². The molecule has 2 nitrogen and oxygen atoms in total. The Morgan fingerprint density at radius 1 is 0.955 bits per heavy atom. The van der Waals surface area contributed by atoms with Crippen LogP contribution in [-0.4, -0.2) is 22.9 Å². The highest BCUT2D eigenvalue weighted by Gasteiger charge is 2.68. The van der Waals surface area contributed by atoms with E-state index in [4.69, 9.17) is 0 Å². The predicted octanol–water partition coefficient (Wildman–Crippen LogP) is 3.47. The van der Waals surface area contributed by atoms with Gasteiger partial charge < -0.3 is 0 Å². The normalized spacial score (nSPS) is 46.7. The van der Waals surface area contributed by atoms with Crippen molar-refractivity contribution in [2.75, 3.05) is 0 Å². The van der Waals surface area contributed by atoms with Gasteiger partial charge in [-0.1, -0.05) is 45.9 Å². The Morgan fingerprint density at radius 2 is 1.55 bits per heavy atom. The highest BCUT2D eigenvalue weighted by molar-refractivity contribution is 6.01. The van der Waals surface area contributed by atoms with E-state index >= 15 is 8.78 Å². The summed E-state index contributed by atoms with van der Waals surface area (Å²) in [6, 6.07) is 0. The summed E-state index contributed by atoms with van der Waals surface area (Å²) in [4.78, 5) is 24.9. The van der Waals surface area contributed by atoms with E-state index < -0.39 is 58.4 Å². The summed E-state index contributed by atoms with van der Waals surface area (Å²) in [6.45, 7) is 6.60. The van der Waals surface area contributed by atoms with Gasteiger partial charge in [0.2, 0.25) is 0 Å². The molecule has 22 heavy (non-hydrogen) atoms. The highest BCUT2D eigenvalue weighted by atomic mass is 19.1. The summed E-state index contributed by atoms with van der Waals surface area (Å²) < 4.78 is 31.3. The Labute approximate surface area is 129 Å². The predicted molar refractivity (Wildman–Crippen MR) is 79.6 cm³/mol. The van der Waals surface area contributed by atoms with Crippen molar-refractivity contribution in [3.05, 3.63) is 24.3 Å². The summed E-state index contributed by atoms with van der Waals surface area (Å²) in [5, 5.41) is 0. The van der Waals surface area contributed by atoms with Crippen LogP contribution >= 0.6 is 0 Å². The van der Waals surface area contributed by atoms with Gasteiger partial charge in [0.05, 0.1) is 0 Å². The largest absolute Gasteiger partial charge is 0.295 e. The monoisotopic (exact) mass is 308 g/mol. The Morgan fingerprint density at radius 3 is 2.09 bits per heavy atom. The molecule has 1 saturated carbocycles. The van der Waals surface area contributed by atoms with Gasteiger partial charge in [0.25, 0.3) is 0 Å². The number of halogens is 2. The number of hydrogen-bond acceptors (Lipinski definition) is 2. The zero-order chi connectivity index (χ0) is 16.4. The number of allylic oxidation sites excluding steroid dienone is 4. The molecule has 4 aliphatic carbocycles. The third kappa shape index (κ3) is 1.59. The second kappa shape index (κ2) is 4.59. The van der Waals surface area contributed by atoms with Gasteiger partial charge in [-0.05, 0) is 23.8 Å². The van der Waals surface area contributed by atoms with Crippen molar-refractivity contribution >= 4 is 11.6 Å². The van der Waals surface area contributed by atoms with Gasteiger partial charge in [-0.25, -0.2) is 8.78 Å². The fourth-order valence-electron chi connectivity index (χ4n) is 4.64. The van der Waals surface area contributed by atoms with Crippen molar-refractivity contribution in [2.45, 2.75) is 39.0 Å². The van der Waals surface area contributed by atoms with Crippen molar-refractivity contribution < 1.29 is 18.4 Å². The summed E-state index contributed by atoms with van der Waals surface area (Å²) in [6.07, 6.45) is 6.20. The number of carbonyl (C=O) groups is 2. The van der Waals surface area contributed by atoms with Crippen LogP contribution in [0.25, 0.3) is 0 Å². The molecule has 0 aliphatic heterocycles. The molecule has 0 radical (unpaired) electrons. The molecule has 0 saturated heterocycles. The van der Waals surface area contributed by atoms with Gasteiger partial charge in [0.1, 0.15) is 0 Å². The highest BCUT2D eigenvalue weighted by Crippen LogP contribution is 2.59. The minimum atomic E-state index is -2.11. The van der Waals surface area contributed by atoms with E-state index in [1.54, 1.807) is 45.9 Å². The zero-order valence-corrected chi connectivity index (χ0v) is 13.3. The summed E-state index contributed by atoms with van der Waals surface area (Å²) in [5.74, 6) is -4.92. The van der Waals surface area contributed by atoms with Crippen LogP contribution in [-0.2, 0) is 9.59 Å². The Bertz CT molecular complexity index is 592. The minimum Gasteiger partial charge on any atom is -0.295 e. The molecule has 0 aromatic rings. The number of Topliss-reactive ketones (excluding diaryl/α,β-unsaturated/α-hetero) is 1. The zero-order valence-electron chi connectivity index (χ0n) is 13.3. The molecule has 0 spiro atoms. The molecule has 0 N–H and O–H groups in total. The van der Waals surface area contributed by atoms with E-state index in [1.807, 2.05) is 0 Å². The van der Waals surface area contributed by atoms with Crippen molar-refractivity contribution in [3.63, 3.8) is 0 Å². The molecule has 2 bridgehead atoms. The Hall–Kier alpha value is -1.32. The molecule has 4 heteroatoms. The molecular formula is C18H22F2O2. The molecule has 0 heterocycles. The lowest BCUT2D eigenvalue weighted by Crippen LogP contribution is -2.67. The summed E-state index contributed by atoms with van der Waals surface area (Å²) in [7, 11) is 0. The van der Waals surface area contributed by atoms with Gasteiger partial charge in [0.15, 0.2) is 22.9 Å². The summed E-state index contributed by atoms with van der Waals surface area (Å²) >= 11 is 0. The number of rotatable bonds is 2. The van der Waals surface area contributed by atoms with E-state index in [1.165, 1.54) is 6.08 Å². The summed E-state index contributed by atoms with van der Waals surface area (Å²) in [5.41, 5.74) is -4.20. The average Bonchev–Trinajstić information content (AvgIpc) is 2.46. The molecule has 1 fully saturated rings. The molecule has 0 aromatic carbocycles. The first-order valence-corrected chi connectivity index (χ1v) is 7.99. The van der Waals surface area contributed by atoms with Crippen molar-refractivity contribution in [1.29, 1.82) is 0 Å². The minimum absolute atomic E-state index is 0.421. The molecule has 6 atom stereocenters. The van der Waals surface area contributed by atoms with Crippen LogP contribution in [0.2, 0.25) is 0 Å². The van der Waals surface area contributed by atoms with Crippen molar-refractivity contribution in [1.82, 2.24) is 0 Å². The smallest absolute Gasteiger partial charge is 0.193 e. The van der Waals surface area contributed by atoms with E-state index in [-0.39, 0.29) is 0 Å². The fraction of sp³-hybridized carbons (Fsp3) is 0.667. The van der Waals surface area contributed by atoms with Gasteiger partial charge in [0, 0.05) is 17.8 Å².